The molecule has 5 heteroatoms. The molecule has 21 heavy (non-hydrogen) atoms. The summed E-state index contributed by atoms with van der Waals surface area (Å²) in [4.78, 5) is 12.3. The van der Waals surface area contributed by atoms with E-state index in [0.717, 1.165) is 23.7 Å². The molecular formula is C16H21BrClNO2. The SMILES string of the molecule is O=C(NCC1(CCO)CCCCC1)c1ccc(Br)cc1Cl. The van der Waals surface area contributed by atoms with E-state index in [1.165, 1.54) is 19.3 Å². The van der Waals surface area contributed by atoms with Gasteiger partial charge in [-0.1, -0.05) is 46.8 Å². The maximum absolute atomic E-state index is 12.3. The van der Waals surface area contributed by atoms with Crippen molar-refractivity contribution in [3.63, 3.8) is 0 Å². The summed E-state index contributed by atoms with van der Waals surface area (Å²) in [7, 11) is 0. The molecule has 0 atom stereocenters. The van der Waals surface area contributed by atoms with E-state index in [0.29, 0.717) is 17.1 Å². The molecule has 1 aromatic rings. The molecule has 0 saturated heterocycles. The highest BCUT2D eigenvalue weighted by molar-refractivity contribution is 9.10. The van der Waals surface area contributed by atoms with E-state index < -0.39 is 0 Å². The number of nitrogens with one attached hydrogen (secondary N) is 1. The van der Waals surface area contributed by atoms with Gasteiger partial charge in [-0.25, -0.2) is 0 Å². The third-order valence-electron chi connectivity index (χ3n) is 4.36. The first-order valence-corrected chi connectivity index (χ1v) is 8.58. The molecular weight excluding hydrogens is 354 g/mol. The molecule has 1 fully saturated rings. The monoisotopic (exact) mass is 373 g/mol. The van der Waals surface area contributed by atoms with Crippen molar-refractivity contribution in [3.05, 3.63) is 33.3 Å². The predicted molar refractivity (Wildman–Crippen MR) is 88.7 cm³/mol. The van der Waals surface area contributed by atoms with E-state index in [1.807, 2.05) is 6.07 Å². The van der Waals surface area contributed by atoms with E-state index in [4.69, 9.17) is 11.6 Å². The fraction of sp³-hybridized carbons (Fsp3) is 0.562. The quantitative estimate of drug-likeness (QED) is 0.813. The van der Waals surface area contributed by atoms with Gasteiger partial charge in [-0.3, -0.25) is 4.79 Å². The van der Waals surface area contributed by atoms with Crippen molar-refractivity contribution in [2.75, 3.05) is 13.2 Å². The Morgan fingerprint density at radius 2 is 2.05 bits per heavy atom. The molecule has 0 unspecified atom stereocenters. The Morgan fingerprint density at radius 1 is 1.33 bits per heavy atom. The van der Waals surface area contributed by atoms with Gasteiger partial charge in [0.1, 0.15) is 0 Å². The van der Waals surface area contributed by atoms with Crippen molar-refractivity contribution in [2.24, 2.45) is 5.41 Å². The lowest BCUT2D eigenvalue weighted by Gasteiger charge is -2.37. The Bertz CT molecular complexity index is 496. The van der Waals surface area contributed by atoms with E-state index in [-0.39, 0.29) is 17.9 Å². The minimum Gasteiger partial charge on any atom is -0.396 e. The topological polar surface area (TPSA) is 49.3 Å². The number of rotatable bonds is 5. The number of halogens is 2. The second kappa shape index (κ2) is 7.61. The van der Waals surface area contributed by atoms with Crippen LogP contribution in [-0.4, -0.2) is 24.2 Å². The minimum absolute atomic E-state index is 0.0461. The van der Waals surface area contributed by atoms with E-state index >= 15 is 0 Å². The van der Waals surface area contributed by atoms with Gasteiger partial charge in [-0.05, 0) is 42.9 Å². The summed E-state index contributed by atoms with van der Waals surface area (Å²) in [6.45, 7) is 0.785. The highest BCUT2D eigenvalue weighted by Gasteiger charge is 2.32. The van der Waals surface area contributed by atoms with Gasteiger partial charge in [0.25, 0.3) is 5.91 Å². The Balaban J connectivity index is 2.01. The average molecular weight is 375 g/mol. The minimum atomic E-state index is -0.143. The molecule has 0 radical (unpaired) electrons. The second-order valence-electron chi connectivity index (χ2n) is 5.84. The van der Waals surface area contributed by atoms with Crippen molar-refractivity contribution in [3.8, 4) is 0 Å². The lowest BCUT2D eigenvalue weighted by Crippen LogP contribution is -2.39. The summed E-state index contributed by atoms with van der Waals surface area (Å²) in [6, 6.07) is 5.26. The van der Waals surface area contributed by atoms with Gasteiger partial charge in [0.05, 0.1) is 10.6 Å². The molecule has 3 nitrogen and oxygen atoms in total. The maximum Gasteiger partial charge on any atom is 0.252 e. The summed E-state index contributed by atoms with van der Waals surface area (Å²) in [5, 5.41) is 12.8. The lowest BCUT2D eigenvalue weighted by molar-refractivity contribution is 0.0869. The maximum atomic E-state index is 12.3. The zero-order valence-electron chi connectivity index (χ0n) is 12.0. The summed E-state index contributed by atoms with van der Waals surface area (Å²) in [6.07, 6.45) is 6.49. The van der Waals surface area contributed by atoms with Crippen molar-refractivity contribution in [1.29, 1.82) is 0 Å². The van der Waals surface area contributed by atoms with Crippen LogP contribution in [0.3, 0.4) is 0 Å². The highest BCUT2D eigenvalue weighted by atomic mass is 79.9. The molecule has 0 aromatic heterocycles. The van der Waals surface area contributed by atoms with Crippen molar-refractivity contribution >= 4 is 33.4 Å². The van der Waals surface area contributed by atoms with Gasteiger partial charge in [0, 0.05) is 17.6 Å². The highest BCUT2D eigenvalue weighted by Crippen LogP contribution is 2.38. The van der Waals surface area contributed by atoms with Crippen LogP contribution < -0.4 is 5.32 Å². The second-order valence-corrected chi connectivity index (χ2v) is 7.16. The Morgan fingerprint density at radius 3 is 2.67 bits per heavy atom. The molecule has 0 bridgehead atoms. The number of hydrogen-bond acceptors (Lipinski definition) is 2. The molecule has 1 aromatic carbocycles. The number of hydrogen-bond donors (Lipinski definition) is 2. The van der Waals surface area contributed by atoms with E-state index in [1.54, 1.807) is 12.1 Å². The van der Waals surface area contributed by atoms with Crippen molar-refractivity contribution < 1.29 is 9.90 Å². The fourth-order valence-electron chi connectivity index (χ4n) is 3.09. The van der Waals surface area contributed by atoms with Crippen LogP contribution in [0.15, 0.2) is 22.7 Å². The van der Waals surface area contributed by atoms with Crippen LogP contribution in [0.1, 0.15) is 48.9 Å². The third-order valence-corrected chi connectivity index (χ3v) is 5.16. The first-order valence-electron chi connectivity index (χ1n) is 7.40. The Kier molecular flexibility index (Phi) is 6.08. The molecule has 0 spiro atoms. The Labute approximate surface area is 139 Å². The van der Waals surface area contributed by atoms with Crippen LogP contribution in [0.5, 0.6) is 0 Å². The standard InChI is InChI=1S/C16H21BrClNO2/c17-12-4-5-13(14(18)10-12)15(21)19-11-16(8-9-20)6-2-1-3-7-16/h4-5,10,20H,1-3,6-9,11H2,(H,19,21). The van der Waals surface area contributed by atoms with Gasteiger partial charge in [-0.2, -0.15) is 0 Å². The molecule has 0 heterocycles. The van der Waals surface area contributed by atoms with Crippen molar-refractivity contribution in [1.82, 2.24) is 5.32 Å². The van der Waals surface area contributed by atoms with Crippen LogP contribution >= 0.6 is 27.5 Å². The normalized spacial score (nSPS) is 17.5. The summed E-state index contributed by atoms with van der Waals surface area (Å²) in [5.41, 5.74) is 0.541. The van der Waals surface area contributed by atoms with E-state index in [9.17, 15) is 9.90 Å². The number of carbonyl (C=O) groups is 1. The number of benzene rings is 1. The summed E-state index contributed by atoms with van der Waals surface area (Å²) < 4.78 is 0.855. The van der Waals surface area contributed by atoms with Gasteiger partial charge in [-0.15, -0.1) is 0 Å². The first-order chi connectivity index (χ1) is 10.1. The number of aliphatic hydroxyl groups is 1. The molecule has 1 saturated carbocycles. The summed E-state index contributed by atoms with van der Waals surface area (Å²) >= 11 is 9.44. The third kappa shape index (κ3) is 4.44. The van der Waals surface area contributed by atoms with Crippen LogP contribution in [-0.2, 0) is 0 Å². The predicted octanol–water partition coefficient (Wildman–Crippen LogP) is 4.17. The first kappa shape index (κ1) is 16.8. The molecule has 2 rings (SSSR count). The van der Waals surface area contributed by atoms with Crippen LogP contribution in [0.2, 0.25) is 5.02 Å². The zero-order chi connectivity index (χ0) is 15.3. The molecule has 2 N–H and O–H groups in total. The van der Waals surface area contributed by atoms with Crippen LogP contribution in [0.25, 0.3) is 0 Å². The summed E-state index contributed by atoms with van der Waals surface area (Å²) in [5.74, 6) is -0.143. The molecule has 1 aliphatic carbocycles. The lowest BCUT2D eigenvalue weighted by atomic mass is 9.72. The smallest absolute Gasteiger partial charge is 0.252 e. The molecule has 0 aliphatic heterocycles. The number of aliphatic hydroxyl groups excluding tert-OH is 1. The molecule has 1 aliphatic rings. The van der Waals surface area contributed by atoms with Gasteiger partial charge in [0.15, 0.2) is 0 Å². The molecule has 116 valence electrons. The zero-order valence-corrected chi connectivity index (χ0v) is 14.3. The Hall–Kier alpha value is -0.580. The van der Waals surface area contributed by atoms with Gasteiger partial charge >= 0.3 is 0 Å². The van der Waals surface area contributed by atoms with Crippen molar-refractivity contribution in [2.45, 2.75) is 38.5 Å². The van der Waals surface area contributed by atoms with Crippen LogP contribution in [0, 0.1) is 5.41 Å². The van der Waals surface area contributed by atoms with Gasteiger partial charge in [0.2, 0.25) is 0 Å². The fourth-order valence-corrected chi connectivity index (χ4v) is 3.85. The molecule has 1 amide bonds. The van der Waals surface area contributed by atoms with Crippen LogP contribution in [0.4, 0.5) is 0 Å². The largest absolute Gasteiger partial charge is 0.396 e. The van der Waals surface area contributed by atoms with E-state index in [2.05, 4.69) is 21.2 Å². The number of amides is 1. The number of carbonyl (C=O) groups excluding carboxylic acids is 1. The average Bonchev–Trinajstić information content (AvgIpc) is 2.46. The van der Waals surface area contributed by atoms with Gasteiger partial charge < -0.3 is 10.4 Å².